The highest BCUT2D eigenvalue weighted by molar-refractivity contribution is 9.10. The Morgan fingerprint density at radius 1 is 1.33 bits per heavy atom. The van der Waals surface area contributed by atoms with Gasteiger partial charge in [-0.15, -0.1) is 0 Å². The molecule has 0 aliphatic rings. The van der Waals surface area contributed by atoms with Crippen molar-refractivity contribution in [2.75, 3.05) is 0 Å². The summed E-state index contributed by atoms with van der Waals surface area (Å²) in [7, 11) is 1.52. The molecule has 0 spiro atoms. The summed E-state index contributed by atoms with van der Waals surface area (Å²) in [5.41, 5.74) is -2.00. The molecule has 0 saturated heterocycles. The van der Waals surface area contributed by atoms with Gasteiger partial charge in [0, 0.05) is 10.0 Å². The lowest BCUT2D eigenvalue weighted by atomic mass is 10.1. The van der Waals surface area contributed by atoms with E-state index in [0.29, 0.717) is 4.47 Å². The Bertz CT molecular complexity index is 273. The first-order valence-electron chi connectivity index (χ1n) is 3.34. The molecule has 1 atom stereocenters. The Labute approximate surface area is 80.7 Å². The first-order chi connectivity index (χ1) is 5.39. The van der Waals surface area contributed by atoms with Crippen molar-refractivity contribution in [3.63, 3.8) is 0 Å². The van der Waals surface area contributed by atoms with Gasteiger partial charge in [-0.05, 0) is 30.7 Å². The van der Waals surface area contributed by atoms with Crippen LogP contribution in [-0.2, 0) is 5.66 Å². The Balaban J connectivity index is 3.18. The third-order valence-electron chi connectivity index (χ3n) is 1.43. The zero-order chi connectivity index (χ0) is 9.35. The van der Waals surface area contributed by atoms with Gasteiger partial charge in [-0.3, -0.25) is 0 Å². The van der Waals surface area contributed by atoms with Crippen LogP contribution in [0, 0.1) is 6.92 Å². The Kier molecular flexibility index (Phi) is 2.84. The molecular formula is C8H8BrF2P. The maximum absolute atomic E-state index is 12.8. The molecule has 0 bridgehead atoms. The van der Waals surface area contributed by atoms with E-state index >= 15 is 0 Å². The van der Waals surface area contributed by atoms with Crippen molar-refractivity contribution >= 4 is 25.2 Å². The van der Waals surface area contributed by atoms with Gasteiger partial charge < -0.3 is 0 Å². The second kappa shape index (κ2) is 3.39. The topological polar surface area (TPSA) is 0 Å². The number of benzene rings is 1. The SMILES string of the molecule is Cc1cc(Br)cc(C(F)(F)P)c1. The molecule has 0 radical (unpaired) electrons. The summed E-state index contributed by atoms with van der Waals surface area (Å²) >= 11 is 3.16. The van der Waals surface area contributed by atoms with E-state index in [1.54, 1.807) is 13.0 Å². The second-order valence-corrected chi connectivity index (χ2v) is 4.28. The lowest BCUT2D eigenvalue weighted by Crippen LogP contribution is -2.02. The van der Waals surface area contributed by atoms with Crippen LogP contribution in [0.15, 0.2) is 22.7 Å². The lowest BCUT2D eigenvalue weighted by molar-refractivity contribution is 0.104. The normalized spacial score (nSPS) is 11.8. The molecule has 0 aliphatic heterocycles. The van der Waals surface area contributed by atoms with Crippen molar-refractivity contribution < 1.29 is 8.78 Å². The number of halogens is 3. The van der Waals surface area contributed by atoms with Gasteiger partial charge in [-0.1, -0.05) is 25.2 Å². The predicted octanol–water partition coefficient (Wildman–Crippen LogP) is 3.68. The minimum atomic E-state index is -2.84. The molecule has 0 amide bonds. The van der Waals surface area contributed by atoms with Gasteiger partial charge in [0.25, 0.3) is 5.66 Å². The highest BCUT2D eigenvalue weighted by atomic mass is 79.9. The fourth-order valence-electron chi connectivity index (χ4n) is 0.929. The van der Waals surface area contributed by atoms with Crippen LogP contribution < -0.4 is 0 Å². The van der Waals surface area contributed by atoms with E-state index in [9.17, 15) is 8.78 Å². The minimum Gasteiger partial charge on any atom is -0.197 e. The molecule has 12 heavy (non-hydrogen) atoms. The Morgan fingerprint density at radius 3 is 2.33 bits per heavy atom. The molecule has 0 heterocycles. The quantitative estimate of drug-likeness (QED) is 0.669. The number of rotatable bonds is 1. The predicted molar refractivity (Wildman–Crippen MR) is 52.5 cm³/mol. The standard InChI is InChI=1S/C8H8BrF2P/c1-5-2-6(8(10,11)12)4-7(9)3-5/h2-4H,12H2,1H3. The smallest absolute Gasteiger partial charge is 0.197 e. The van der Waals surface area contributed by atoms with Crippen LogP contribution in [0.25, 0.3) is 0 Å². The summed E-state index contributed by atoms with van der Waals surface area (Å²) in [6, 6.07) is 4.68. The van der Waals surface area contributed by atoms with Crippen LogP contribution in [0.1, 0.15) is 11.1 Å². The van der Waals surface area contributed by atoms with Crippen molar-refractivity contribution in [1.82, 2.24) is 0 Å². The van der Waals surface area contributed by atoms with Gasteiger partial charge in [-0.25, -0.2) is 0 Å². The lowest BCUT2D eigenvalue weighted by Gasteiger charge is -2.11. The monoisotopic (exact) mass is 252 g/mol. The molecule has 66 valence electrons. The van der Waals surface area contributed by atoms with Crippen LogP contribution in [-0.4, -0.2) is 0 Å². The van der Waals surface area contributed by atoms with Gasteiger partial charge >= 0.3 is 0 Å². The van der Waals surface area contributed by atoms with Crippen molar-refractivity contribution in [3.8, 4) is 0 Å². The largest absolute Gasteiger partial charge is 0.283 e. The molecule has 0 saturated carbocycles. The van der Waals surface area contributed by atoms with E-state index in [-0.39, 0.29) is 5.56 Å². The number of aryl methyl sites for hydroxylation is 1. The fourth-order valence-corrected chi connectivity index (χ4v) is 1.70. The van der Waals surface area contributed by atoms with E-state index in [4.69, 9.17) is 0 Å². The van der Waals surface area contributed by atoms with Crippen molar-refractivity contribution in [1.29, 1.82) is 0 Å². The number of alkyl halides is 2. The molecule has 0 N–H and O–H groups in total. The van der Waals surface area contributed by atoms with Gasteiger partial charge in [0.05, 0.1) is 0 Å². The third kappa shape index (κ3) is 2.49. The van der Waals surface area contributed by atoms with E-state index in [0.717, 1.165) is 5.56 Å². The van der Waals surface area contributed by atoms with Gasteiger partial charge in [-0.2, -0.15) is 8.78 Å². The van der Waals surface area contributed by atoms with Crippen LogP contribution in [0.4, 0.5) is 8.78 Å². The maximum Gasteiger partial charge on any atom is 0.283 e. The Morgan fingerprint density at radius 2 is 1.92 bits per heavy atom. The molecule has 1 unspecified atom stereocenters. The molecule has 1 aromatic carbocycles. The van der Waals surface area contributed by atoms with Crippen LogP contribution in [0.3, 0.4) is 0 Å². The molecule has 4 heteroatoms. The highest BCUT2D eigenvalue weighted by Crippen LogP contribution is 2.36. The van der Waals surface area contributed by atoms with Crippen molar-refractivity contribution in [3.05, 3.63) is 33.8 Å². The number of hydrogen-bond acceptors (Lipinski definition) is 0. The molecule has 0 aliphatic carbocycles. The maximum atomic E-state index is 12.8. The van der Waals surface area contributed by atoms with E-state index in [1.807, 2.05) is 0 Å². The summed E-state index contributed by atoms with van der Waals surface area (Å²) in [5.74, 6) is 0. The van der Waals surface area contributed by atoms with E-state index < -0.39 is 5.66 Å². The molecule has 0 nitrogen and oxygen atoms in total. The summed E-state index contributed by atoms with van der Waals surface area (Å²) < 4.78 is 26.2. The van der Waals surface area contributed by atoms with Crippen LogP contribution >= 0.6 is 25.2 Å². The first-order valence-corrected chi connectivity index (χ1v) is 4.71. The summed E-state index contributed by atoms with van der Waals surface area (Å²) in [6.07, 6.45) is 0. The molecule has 1 aromatic rings. The molecule has 0 aromatic heterocycles. The average molecular weight is 253 g/mol. The summed E-state index contributed by atoms with van der Waals surface area (Å²) in [4.78, 5) is 0. The van der Waals surface area contributed by atoms with Crippen LogP contribution in [0.2, 0.25) is 0 Å². The van der Waals surface area contributed by atoms with E-state index in [1.165, 1.54) is 21.4 Å². The first kappa shape index (κ1) is 10.1. The zero-order valence-electron chi connectivity index (χ0n) is 6.44. The van der Waals surface area contributed by atoms with Crippen molar-refractivity contribution in [2.45, 2.75) is 12.6 Å². The van der Waals surface area contributed by atoms with Crippen molar-refractivity contribution in [2.24, 2.45) is 0 Å². The summed E-state index contributed by atoms with van der Waals surface area (Å²) in [5, 5.41) is 0. The fraction of sp³-hybridized carbons (Fsp3) is 0.250. The van der Waals surface area contributed by atoms with Gasteiger partial charge in [0.15, 0.2) is 0 Å². The Hall–Kier alpha value is -0.0100. The van der Waals surface area contributed by atoms with E-state index in [2.05, 4.69) is 15.9 Å². The average Bonchev–Trinajstić information content (AvgIpc) is 1.82. The molecule has 0 fully saturated rings. The third-order valence-corrected chi connectivity index (χ3v) is 2.22. The molecule has 1 rings (SSSR count). The summed E-state index contributed by atoms with van der Waals surface area (Å²) in [6.45, 7) is 1.78. The molecular weight excluding hydrogens is 245 g/mol. The zero-order valence-corrected chi connectivity index (χ0v) is 9.18. The minimum absolute atomic E-state index is 0.0133. The van der Waals surface area contributed by atoms with Gasteiger partial charge in [0.1, 0.15) is 0 Å². The second-order valence-electron chi connectivity index (χ2n) is 2.64. The van der Waals surface area contributed by atoms with Gasteiger partial charge in [0.2, 0.25) is 0 Å². The highest BCUT2D eigenvalue weighted by Gasteiger charge is 2.24. The van der Waals surface area contributed by atoms with Crippen LogP contribution in [0.5, 0.6) is 0 Å². The number of hydrogen-bond donors (Lipinski definition) is 0.